The molecule has 0 saturated carbocycles. The van der Waals surface area contributed by atoms with Crippen molar-refractivity contribution in [3.63, 3.8) is 0 Å². The van der Waals surface area contributed by atoms with Gasteiger partial charge in [-0.15, -0.1) is 11.6 Å². The smallest absolute Gasteiger partial charge is 0.328 e. The van der Waals surface area contributed by atoms with Crippen LogP contribution in [0.3, 0.4) is 0 Å². The zero-order chi connectivity index (χ0) is 18.4. The molecule has 1 unspecified atom stereocenters. The van der Waals surface area contributed by atoms with Crippen molar-refractivity contribution in [2.45, 2.75) is 12.0 Å². The monoisotopic (exact) mass is 361 g/mol. The molecule has 1 atom stereocenters. The van der Waals surface area contributed by atoms with Gasteiger partial charge in [0.15, 0.2) is 5.38 Å². The Kier molecular flexibility index (Phi) is 5.68. The Bertz CT molecular complexity index is 913. The number of esters is 1. The highest BCUT2D eigenvalue weighted by molar-refractivity contribution is 6.29. The third-order valence-corrected chi connectivity index (χ3v) is 4.41. The normalized spacial score (nSPS) is 11.4. The number of hydrogen-bond donors (Lipinski definition) is 0. The number of alkyl halides is 1. The van der Waals surface area contributed by atoms with Crippen molar-refractivity contribution in [3.05, 3.63) is 95.6 Å². The first-order valence-electron chi connectivity index (χ1n) is 8.12. The molecule has 0 aromatic heterocycles. The summed E-state index contributed by atoms with van der Waals surface area (Å²) in [5.74, 6) is -0.471. The average Bonchev–Trinajstić information content (AvgIpc) is 2.72. The van der Waals surface area contributed by atoms with Gasteiger partial charge in [0.05, 0.1) is 11.6 Å². The van der Waals surface area contributed by atoms with Crippen molar-refractivity contribution in [2.24, 2.45) is 0 Å². The highest BCUT2D eigenvalue weighted by atomic mass is 35.5. The Balaban J connectivity index is 1.65. The van der Waals surface area contributed by atoms with E-state index in [1.54, 1.807) is 12.1 Å². The van der Waals surface area contributed by atoms with Crippen LogP contribution in [0.5, 0.6) is 0 Å². The summed E-state index contributed by atoms with van der Waals surface area (Å²) in [5.41, 5.74) is 4.20. The summed E-state index contributed by atoms with van der Waals surface area (Å²) in [6.07, 6.45) is 0. The van der Waals surface area contributed by atoms with Crippen LogP contribution in [-0.2, 0) is 16.1 Å². The van der Waals surface area contributed by atoms with Crippen LogP contribution in [0, 0.1) is 11.3 Å². The van der Waals surface area contributed by atoms with Gasteiger partial charge in [0.2, 0.25) is 0 Å². The summed E-state index contributed by atoms with van der Waals surface area (Å²) in [6, 6.07) is 26.3. The van der Waals surface area contributed by atoms with E-state index in [0.717, 1.165) is 16.7 Å². The van der Waals surface area contributed by atoms with Gasteiger partial charge in [-0.3, -0.25) is 4.79 Å². The SMILES string of the molecule is N#Cc1ccc(-c2ccc(C(Cl)C(=O)OCc3ccccc3)cc2)cc1. The largest absolute Gasteiger partial charge is 0.459 e. The van der Waals surface area contributed by atoms with Crippen molar-refractivity contribution in [1.29, 1.82) is 5.26 Å². The molecule has 0 N–H and O–H groups in total. The second-order valence-corrected chi connectivity index (χ2v) is 6.20. The second-order valence-electron chi connectivity index (χ2n) is 5.77. The van der Waals surface area contributed by atoms with Gasteiger partial charge in [0, 0.05) is 0 Å². The van der Waals surface area contributed by atoms with Crippen LogP contribution in [0.2, 0.25) is 0 Å². The number of carbonyl (C=O) groups is 1. The number of hydrogen-bond acceptors (Lipinski definition) is 3. The van der Waals surface area contributed by atoms with E-state index in [9.17, 15) is 4.79 Å². The lowest BCUT2D eigenvalue weighted by molar-refractivity contribution is -0.144. The van der Waals surface area contributed by atoms with Gasteiger partial charge < -0.3 is 4.74 Å². The molecule has 26 heavy (non-hydrogen) atoms. The lowest BCUT2D eigenvalue weighted by atomic mass is 10.0. The van der Waals surface area contributed by atoms with E-state index < -0.39 is 11.3 Å². The molecule has 3 rings (SSSR count). The van der Waals surface area contributed by atoms with Crippen LogP contribution in [0.4, 0.5) is 0 Å². The van der Waals surface area contributed by atoms with Gasteiger partial charge in [-0.2, -0.15) is 5.26 Å². The summed E-state index contributed by atoms with van der Waals surface area (Å²) in [7, 11) is 0. The van der Waals surface area contributed by atoms with Crippen LogP contribution in [-0.4, -0.2) is 5.97 Å². The first kappa shape index (κ1) is 17.7. The number of rotatable bonds is 5. The minimum atomic E-state index is -0.853. The third-order valence-electron chi connectivity index (χ3n) is 3.98. The quantitative estimate of drug-likeness (QED) is 0.460. The van der Waals surface area contributed by atoms with Gasteiger partial charge in [-0.1, -0.05) is 66.7 Å². The Morgan fingerprint density at radius 1 is 0.923 bits per heavy atom. The second kappa shape index (κ2) is 8.33. The fraction of sp³-hybridized carbons (Fsp3) is 0.0909. The van der Waals surface area contributed by atoms with Crippen LogP contribution in [0.25, 0.3) is 11.1 Å². The molecule has 3 aromatic carbocycles. The molecular weight excluding hydrogens is 346 g/mol. The molecule has 0 aliphatic carbocycles. The third kappa shape index (κ3) is 4.30. The lowest BCUT2D eigenvalue weighted by Crippen LogP contribution is -2.11. The number of nitrogens with zero attached hydrogens (tertiary/aromatic N) is 1. The van der Waals surface area contributed by atoms with Crippen LogP contribution >= 0.6 is 11.6 Å². The van der Waals surface area contributed by atoms with E-state index in [1.807, 2.05) is 66.7 Å². The Morgan fingerprint density at radius 2 is 1.50 bits per heavy atom. The Labute approximate surface area is 157 Å². The first-order valence-corrected chi connectivity index (χ1v) is 8.56. The van der Waals surface area contributed by atoms with E-state index in [4.69, 9.17) is 21.6 Å². The van der Waals surface area contributed by atoms with E-state index in [0.29, 0.717) is 11.1 Å². The Morgan fingerprint density at radius 3 is 2.08 bits per heavy atom. The summed E-state index contributed by atoms with van der Waals surface area (Å²) in [5, 5.41) is 8.00. The van der Waals surface area contributed by atoms with Crippen molar-refractivity contribution in [1.82, 2.24) is 0 Å². The van der Waals surface area contributed by atoms with Gasteiger partial charge >= 0.3 is 5.97 Å². The highest BCUT2D eigenvalue weighted by Gasteiger charge is 2.19. The molecule has 0 saturated heterocycles. The molecule has 0 spiro atoms. The van der Waals surface area contributed by atoms with Gasteiger partial charge in [-0.25, -0.2) is 0 Å². The standard InChI is InChI=1S/C22H16ClNO2/c23-21(22(25)26-15-17-4-2-1-3-5-17)20-12-10-19(11-13-20)18-8-6-16(14-24)7-9-18/h1-13,21H,15H2. The van der Waals surface area contributed by atoms with Crippen LogP contribution in [0.15, 0.2) is 78.9 Å². The molecule has 0 aliphatic heterocycles. The van der Waals surface area contributed by atoms with Gasteiger partial charge in [0.1, 0.15) is 6.61 Å². The van der Waals surface area contributed by atoms with Crippen LogP contribution in [0.1, 0.15) is 22.1 Å². The molecule has 0 radical (unpaired) electrons. The molecule has 3 aromatic rings. The lowest BCUT2D eigenvalue weighted by Gasteiger charge is -2.11. The topological polar surface area (TPSA) is 50.1 Å². The molecular formula is C22H16ClNO2. The predicted octanol–water partition coefficient (Wildman–Crippen LogP) is 5.25. The van der Waals surface area contributed by atoms with E-state index in [1.165, 1.54) is 0 Å². The first-order chi connectivity index (χ1) is 12.7. The number of halogens is 1. The minimum absolute atomic E-state index is 0.201. The van der Waals surface area contributed by atoms with Gasteiger partial charge in [0.25, 0.3) is 0 Å². The van der Waals surface area contributed by atoms with E-state index in [2.05, 4.69) is 6.07 Å². The van der Waals surface area contributed by atoms with Crippen molar-refractivity contribution < 1.29 is 9.53 Å². The van der Waals surface area contributed by atoms with E-state index >= 15 is 0 Å². The fourth-order valence-corrected chi connectivity index (χ4v) is 2.73. The van der Waals surface area contributed by atoms with E-state index in [-0.39, 0.29) is 6.61 Å². The summed E-state index contributed by atoms with van der Waals surface area (Å²) >= 11 is 6.25. The van der Waals surface area contributed by atoms with Crippen molar-refractivity contribution >= 4 is 17.6 Å². The maximum absolute atomic E-state index is 12.2. The molecule has 3 nitrogen and oxygen atoms in total. The highest BCUT2D eigenvalue weighted by Crippen LogP contribution is 2.26. The van der Waals surface area contributed by atoms with Crippen molar-refractivity contribution in [2.75, 3.05) is 0 Å². The molecule has 0 amide bonds. The summed E-state index contributed by atoms with van der Waals surface area (Å²) < 4.78 is 5.28. The average molecular weight is 362 g/mol. The maximum atomic E-state index is 12.2. The fourth-order valence-electron chi connectivity index (χ4n) is 2.52. The number of nitriles is 1. The maximum Gasteiger partial charge on any atom is 0.328 e. The van der Waals surface area contributed by atoms with Crippen molar-refractivity contribution in [3.8, 4) is 17.2 Å². The van der Waals surface area contributed by atoms with Crippen LogP contribution < -0.4 is 0 Å². The predicted molar refractivity (Wildman–Crippen MR) is 101 cm³/mol. The zero-order valence-corrected chi connectivity index (χ0v) is 14.7. The number of benzene rings is 3. The Hall–Kier alpha value is -3.09. The number of carbonyl (C=O) groups excluding carboxylic acids is 1. The number of ether oxygens (including phenoxy) is 1. The zero-order valence-electron chi connectivity index (χ0n) is 13.9. The molecule has 0 heterocycles. The molecule has 4 heteroatoms. The molecule has 0 aliphatic rings. The van der Waals surface area contributed by atoms with Gasteiger partial charge in [-0.05, 0) is 34.4 Å². The summed E-state index contributed by atoms with van der Waals surface area (Å²) in [6.45, 7) is 0.201. The molecule has 128 valence electrons. The molecule has 0 bridgehead atoms. The molecule has 0 fully saturated rings. The summed E-state index contributed by atoms with van der Waals surface area (Å²) in [4.78, 5) is 12.2. The minimum Gasteiger partial charge on any atom is -0.459 e.